The molecule has 3 aromatic rings. The lowest BCUT2D eigenvalue weighted by Gasteiger charge is -2.10. The second kappa shape index (κ2) is 11.1. The maximum absolute atomic E-state index is 5.81. The highest BCUT2D eigenvalue weighted by Crippen LogP contribution is 2.26. The normalized spacial score (nSPS) is 10.8. The van der Waals surface area contributed by atoms with E-state index < -0.39 is 0 Å². The lowest BCUT2D eigenvalue weighted by atomic mass is 10.1. The molecule has 1 heterocycles. The van der Waals surface area contributed by atoms with Gasteiger partial charge in [0.15, 0.2) is 11.5 Å². The third-order valence-electron chi connectivity index (χ3n) is 4.73. The molecule has 5 nitrogen and oxygen atoms in total. The first-order valence-corrected chi connectivity index (χ1v) is 10.1. The first-order chi connectivity index (χ1) is 13.9. The summed E-state index contributed by atoms with van der Waals surface area (Å²) in [4.78, 5) is 8.66. The highest BCUT2D eigenvalue weighted by molar-refractivity contribution is 5.88. The fourth-order valence-corrected chi connectivity index (χ4v) is 3.21. The van der Waals surface area contributed by atoms with Gasteiger partial charge in [0, 0.05) is 11.9 Å². The predicted octanol–water partition coefficient (Wildman–Crippen LogP) is 5.47. The molecular weight excluding hydrogens is 350 g/mol. The number of ether oxygens (including phenoxy) is 2. The third kappa shape index (κ3) is 5.84. The topological polar surface area (TPSA) is 56.3 Å². The van der Waals surface area contributed by atoms with Crippen molar-refractivity contribution in [3.05, 3.63) is 54.9 Å². The molecule has 2 aromatic carbocycles. The Hall–Kier alpha value is -2.82. The van der Waals surface area contributed by atoms with Crippen molar-refractivity contribution in [2.45, 2.75) is 38.5 Å². The zero-order chi connectivity index (χ0) is 19.4. The van der Waals surface area contributed by atoms with Crippen LogP contribution in [0, 0.1) is 0 Å². The molecule has 1 aromatic heterocycles. The lowest BCUT2D eigenvalue weighted by molar-refractivity contribution is 0.284. The molecule has 0 aliphatic carbocycles. The zero-order valence-corrected chi connectivity index (χ0v) is 16.6. The summed E-state index contributed by atoms with van der Waals surface area (Å²) in [5, 5.41) is 4.53. The number of rotatable bonds is 12. The smallest absolute Gasteiger partial charge is 0.161 e. The molecule has 0 unspecified atom stereocenters. The van der Waals surface area contributed by atoms with E-state index in [1.54, 1.807) is 13.4 Å². The number of anilines is 1. The maximum Gasteiger partial charge on any atom is 0.161 e. The van der Waals surface area contributed by atoms with Crippen molar-refractivity contribution >= 4 is 16.7 Å². The van der Waals surface area contributed by atoms with Gasteiger partial charge in [-0.15, -0.1) is 0 Å². The van der Waals surface area contributed by atoms with Crippen molar-refractivity contribution in [2.75, 3.05) is 25.6 Å². The van der Waals surface area contributed by atoms with Gasteiger partial charge in [0.25, 0.3) is 0 Å². The molecule has 1 N–H and O–H groups in total. The van der Waals surface area contributed by atoms with Crippen molar-refractivity contribution in [1.29, 1.82) is 0 Å². The van der Waals surface area contributed by atoms with E-state index in [0.29, 0.717) is 0 Å². The number of nitrogens with zero attached hydrogens (tertiary/aromatic N) is 2. The number of para-hydroxylation sites is 3. The van der Waals surface area contributed by atoms with Crippen LogP contribution in [-0.4, -0.2) is 30.2 Å². The van der Waals surface area contributed by atoms with Crippen LogP contribution in [0.2, 0.25) is 0 Å². The first kappa shape index (κ1) is 19.9. The predicted molar refractivity (Wildman–Crippen MR) is 114 cm³/mol. The average molecular weight is 380 g/mol. The highest BCUT2D eigenvalue weighted by atomic mass is 16.5. The number of hydrogen-bond acceptors (Lipinski definition) is 5. The van der Waals surface area contributed by atoms with Crippen molar-refractivity contribution < 1.29 is 9.47 Å². The Bertz CT molecular complexity index is 849. The Kier molecular flexibility index (Phi) is 7.91. The molecule has 0 saturated heterocycles. The van der Waals surface area contributed by atoms with Gasteiger partial charge in [-0.2, -0.15) is 0 Å². The van der Waals surface area contributed by atoms with Gasteiger partial charge >= 0.3 is 0 Å². The minimum absolute atomic E-state index is 0.739. The Balaban J connectivity index is 1.24. The third-order valence-corrected chi connectivity index (χ3v) is 4.73. The number of aromatic nitrogens is 2. The molecule has 148 valence electrons. The fraction of sp³-hybridized carbons (Fsp3) is 0.391. The molecule has 0 atom stereocenters. The Morgan fingerprint density at radius 3 is 2.36 bits per heavy atom. The SMILES string of the molecule is COc1ccccc1OCCCCCCCCNc1ncnc2ccccc12. The van der Waals surface area contributed by atoms with Crippen LogP contribution < -0.4 is 14.8 Å². The molecule has 0 aliphatic rings. The number of methoxy groups -OCH3 is 1. The number of fused-ring (bicyclic) bond motifs is 1. The van der Waals surface area contributed by atoms with Crippen molar-refractivity contribution in [1.82, 2.24) is 9.97 Å². The van der Waals surface area contributed by atoms with Crippen LogP contribution in [0.3, 0.4) is 0 Å². The van der Waals surface area contributed by atoms with E-state index in [-0.39, 0.29) is 0 Å². The summed E-state index contributed by atoms with van der Waals surface area (Å²) < 4.78 is 11.1. The largest absolute Gasteiger partial charge is 0.493 e. The number of nitrogens with one attached hydrogen (secondary N) is 1. The quantitative estimate of drug-likeness (QED) is 0.423. The van der Waals surface area contributed by atoms with E-state index in [4.69, 9.17) is 9.47 Å². The summed E-state index contributed by atoms with van der Waals surface area (Å²) in [7, 11) is 1.67. The monoisotopic (exact) mass is 379 g/mol. The van der Waals surface area contributed by atoms with E-state index in [1.165, 1.54) is 25.7 Å². The standard InChI is InChI=1S/C23H29N3O2/c1-27-21-14-8-9-15-22(21)28-17-11-5-3-2-4-10-16-24-23-19-12-6-7-13-20(19)25-18-26-23/h6-9,12-15,18H,2-5,10-11,16-17H2,1H3,(H,24,25,26). The Morgan fingerprint density at radius 1 is 0.786 bits per heavy atom. The molecule has 0 spiro atoms. The van der Waals surface area contributed by atoms with Gasteiger partial charge in [-0.3, -0.25) is 0 Å². The van der Waals surface area contributed by atoms with Crippen LogP contribution in [-0.2, 0) is 0 Å². The minimum atomic E-state index is 0.739. The molecule has 28 heavy (non-hydrogen) atoms. The first-order valence-electron chi connectivity index (χ1n) is 10.1. The van der Waals surface area contributed by atoms with Crippen LogP contribution in [0.4, 0.5) is 5.82 Å². The number of benzene rings is 2. The Labute approximate surface area is 167 Å². The van der Waals surface area contributed by atoms with Crippen LogP contribution >= 0.6 is 0 Å². The number of unbranched alkanes of at least 4 members (excludes halogenated alkanes) is 5. The molecular formula is C23H29N3O2. The van der Waals surface area contributed by atoms with Gasteiger partial charge in [-0.1, -0.05) is 49.9 Å². The summed E-state index contributed by atoms with van der Waals surface area (Å²) in [5.41, 5.74) is 0.982. The van der Waals surface area contributed by atoms with E-state index in [1.807, 2.05) is 42.5 Å². The lowest BCUT2D eigenvalue weighted by Crippen LogP contribution is -2.04. The summed E-state index contributed by atoms with van der Waals surface area (Å²) in [6, 6.07) is 15.9. The fourth-order valence-electron chi connectivity index (χ4n) is 3.21. The van der Waals surface area contributed by atoms with Crippen LogP contribution in [0.5, 0.6) is 11.5 Å². The minimum Gasteiger partial charge on any atom is -0.493 e. The summed E-state index contributed by atoms with van der Waals surface area (Å²) >= 11 is 0. The Morgan fingerprint density at radius 2 is 1.50 bits per heavy atom. The van der Waals surface area contributed by atoms with Gasteiger partial charge in [0.2, 0.25) is 0 Å². The molecule has 0 amide bonds. The molecule has 0 saturated carbocycles. The zero-order valence-electron chi connectivity index (χ0n) is 16.6. The van der Waals surface area contributed by atoms with Crippen molar-refractivity contribution in [3.8, 4) is 11.5 Å². The second-order valence-electron chi connectivity index (χ2n) is 6.79. The van der Waals surface area contributed by atoms with Crippen LogP contribution in [0.15, 0.2) is 54.9 Å². The van der Waals surface area contributed by atoms with E-state index in [0.717, 1.165) is 54.2 Å². The van der Waals surface area contributed by atoms with Crippen LogP contribution in [0.1, 0.15) is 38.5 Å². The number of hydrogen-bond donors (Lipinski definition) is 1. The van der Waals surface area contributed by atoms with Gasteiger partial charge in [-0.05, 0) is 37.1 Å². The molecule has 0 radical (unpaired) electrons. The van der Waals surface area contributed by atoms with Gasteiger partial charge in [0.1, 0.15) is 12.1 Å². The molecule has 5 heteroatoms. The van der Waals surface area contributed by atoms with E-state index >= 15 is 0 Å². The van der Waals surface area contributed by atoms with Crippen molar-refractivity contribution in [3.63, 3.8) is 0 Å². The van der Waals surface area contributed by atoms with E-state index in [9.17, 15) is 0 Å². The second-order valence-corrected chi connectivity index (χ2v) is 6.79. The molecule has 0 fully saturated rings. The summed E-state index contributed by atoms with van der Waals surface area (Å²) in [6.45, 7) is 1.68. The van der Waals surface area contributed by atoms with Gasteiger partial charge in [-0.25, -0.2) is 9.97 Å². The maximum atomic E-state index is 5.81. The molecule has 0 bridgehead atoms. The summed E-state index contributed by atoms with van der Waals surface area (Å²) in [5.74, 6) is 2.55. The molecule has 0 aliphatic heterocycles. The van der Waals surface area contributed by atoms with Gasteiger partial charge < -0.3 is 14.8 Å². The van der Waals surface area contributed by atoms with Crippen LogP contribution in [0.25, 0.3) is 10.9 Å². The van der Waals surface area contributed by atoms with Gasteiger partial charge in [0.05, 0.1) is 19.2 Å². The van der Waals surface area contributed by atoms with E-state index in [2.05, 4.69) is 21.4 Å². The average Bonchev–Trinajstić information content (AvgIpc) is 2.75. The summed E-state index contributed by atoms with van der Waals surface area (Å²) in [6.07, 6.45) is 8.76. The van der Waals surface area contributed by atoms with Crippen molar-refractivity contribution in [2.24, 2.45) is 0 Å². The molecule has 3 rings (SSSR count). The highest BCUT2D eigenvalue weighted by Gasteiger charge is 2.03.